The maximum atomic E-state index is 12.5. The van der Waals surface area contributed by atoms with E-state index in [1.54, 1.807) is 0 Å². The van der Waals surface area contributed by atoms with Gasteiger partial charge in [-0.25, -0.2) is 17.2 Å². The van der Waals surface area contributed by atoms with Gasteiger partial charge in [0.1, 0.15) is 5.56 Å². The van der Waals surface area contributed by atoms with Crippen LogP contribution in [0.4, 0.5) is 14.5 Å². The molecule has 0 spiro atoms. The fourth-order valence-corrected chi connectivity index (χ4v) is 2.61. The lowest BCUT2D eigenvalue weighted by Gasteiger charge is -2.06. The van der Waals surface area contributed by atoms with Gasteiger partial charge >= 0.3 is 5.69 Å². The zero-order valence-corrected chi connectivity index (χ0v) is 9.80. The van der Waals surface area contributed by atoms with E-state index >= 15 is 0 Å². The van der Waals surface area contributed by atoms with Crippen LogP contribution in [-0.2, 0) is 9.05 Å². The molecule has 6 nitrogen and oxygen atoms in total. The Labute approximate surface area is 98.8 Å². The van der Waals surface area contributed by atoms with E-state index in [0.29, 0.717) is 6.20 Å². The van der Waals surface area contributed by atoms with E-state index in [9.17, 15) is 27.3 Å². The molecule has 0 unspecified atom stereocenters. The molecule has 0 fully saturated rings. The zero-order chi connectivity index (χ0) is 13.4. The van der Waals surface area contributed by atoms with Crippen LogP contribution in [0.2, 0.25) is 0 Å². The van der Waals surface area contributed by atoms with Crippen LogP contribution in [0.15, 0.2) is 11.1 Å². The molecule has 1 aromatic heterocycles. The van der Waals surface area contributed by atoms with Crippen LogP contribution in [-0.4, -0.2) is 18.3 Å². The maximum Gasteiger partial charge on any atom is 0.301 e. The second kappa shape index (κ2) is 4.49. The average molecular weight is 287 g/mol. The fourth-order valence-electron chi connectivity index (χ4n) is 1.23. The molecule has 0 saturated heterocycles. The van der Waals surface area contributed by atoms with Gasteiger partial charge in [-0.15, -0.1) is 0 Å². The highest BCUT2D eigenvalue weighted by Crippen LogP contribution is 2.36. The third-order valence-electron chi connectivity index (χ3n) is 1.88. The van der Waals surface area contributed by atoms with Crippen LogP contribution in [0.5, 0.6) is 0 Å². The summed E-state index contributed by atoms with van der Waals surface area (Å²) in [5.41, 5.74) is -2.63. The van der Waals surface area contributed by atoms with E-state index in [2.05, 4.69) is 4.98 Å². The molecule has 17 heavy (non-hydrogen) atoms. The van der Waals surface area contributed by atoms with Crippen molar-refractivity contribution in [1.29, 1.82) is 0 Å². The van der Waals surface area contributed by atoms with Gasteiger partial charge < -0.3 is 0 Å². The molecule has 0 amide bonds. The number of pyridine rings is 1. The molecule has 0 radical (unpaired) electrons. The van der Waals surface area contributed by atoms with Crippen molar-refractivity contribution in [3.63, 3.8) is 0 Å². The van der Waals surface area contributed by atoms with E-state index in [1.807, 2.05) is 0 Å². The monoisotopic (exact) mass is 286 g/mol. The molecule has 1 rings (SSSR count). The Balaban J connectivity index is 3.80. The average Bonchev–Trinajstić information content (AvgIpc) is 2.14. The normalized spacial score (nSPS) is 11.8. The minimum Gasteiger partial charge on any atom is -0.259 e. The Bertz CT molecular complexity index is 575. The van der Waals surface area contributed by atoms with E-state index in [1.165, 1.54) is 0 Å². The van der Waals surface area contributed by atoms with E-state index < -0.39 is 36.5 Å². The Morgan fingerprint density at radius 3 is 2.41 bits per heavy atom. The van der Waals surface area contributed by atoms with Crippen LogP contribution >= 0.6 is 10.7 Å². The Kier molecular flexibility index (Phi) is 3.62. The summed E-state index contributed by atoms with van der Waals surface area (Å²) in [5, 5.41) is 10.7. The first-order chi connectivity index (χ1) is 7.66. The van der Waals surface area contributed by atoms with Gasteiger partial charge in [-0.05, 0) is 6.92 Å². The van der Waals surface area contributed by atoms with Crippen LogP contribution in [0.1, 0.15) is 17.7 Å². The van der Waals surface area contributed by atoms with Gasteiger partial charge in [-0.2, -0.15) is 0 Å². The highest BCUT2D eigenvalue weighted by Gasteiger charge is 2.34. The highest BCUT2D eigenvalue weighted by atomic mass is 35.7. The van der Waals surface area contributed by atoms with Crippen molar-refractivity contribution in [3.05, 3.63) is 27.6 Å². The molecular weight excluding hydrogens is 282 g/mol. The lowest BCUT2D eigenvalue weighted by atomic mass is 10.2. The third-order valence-corrected chi connectivity index (χ3v) is 3.32. The minimum atomic E-state index is -4.53. The molecule has 0 N–H and O–H groups in total. The summed E-state index contributed by atoms with van der Waals surface area (Å²) < 4.78 is 47.3. The highest BCUT2D eigenvalue weighted by molar-refractivity contribution is 8.13. The van der Waals surface area contributed by atoms with Crippen LogP contribution in [0.3, 0.4) is 0 Å². The standard InChI is InChI=1S/C7H5ClF2N2O4S/c1-3-6(17(8,15)16)5(12(13)14)4(2-11-3)7(9)10/h2,7H,1H3. The molecule has 0 bridgehead atoms. The number of hydrogen-bond acceptors (Lipinski definition) is 5. The molecule has 10 heteroatoms. The van der Waals surface area contributed by atoms with Crippen LogP contribution in [0, 0.1) is 17.0 Å². The first-order valence-corrected chi connectivity index (χ1v) is 6.34. The number of halogens is 3. The van der Waals surface area contributed by atoms with Crippen molar-refractivity contribution in [2.45, 2.75) is 18.2 Å². The second-order valence-corrected chi connectivity index (χ2v) is 5.48. The van der Waals surface area contributed by atoms with Gasteiger partial charge in [-0.3, -0.25) is 15.1 Å². The van der Waals surface area contributed by atoms with Crippen molar-refractivity contribution in [2.24, 2.45) is 0 Å². The molecule has 94 valence electrons. The topological polar surface area (TPSA) is 90.2 Å². The van der Waals surface area contributed by atoms with Crippen molar-refractivity contribution in [1.82, 2.24) is 4.98 Å². The van der Waals surface area contributed by atoms with Crippen molar-refractivity contribution in [2.75, 3.05) is 0 Å². The predicted octanol–water partition coefficient (Wildman–Crippen LogP) is 2.16. The second-order valence-electron chi connectivity index (χ2n) is 2.97. The summed E-state index contributed by atoms with van der Waals surface area (Å²) >= 11 is 0. The number of nitro groups is 1. The van der Waals surface area contributed by atoms with Gasteiger partial charge in [0.05, 0.1) is 10.6 Å². The van der Waals surface area contributed by atoms with Crippen LogP contribution in [0.25, 0.3) is 0 Å². The lowest BCUT2D eigenvalue weighted by Crippen LogP contribution is -2.07. The summed E-state index contributed by atoms with van der Waals surface area (Å²) in [5.74, 6) is 0. The van der Waals surface area contributed by atoms with Gasteiger partial charge in [0.2, 0.25) is 0 Å². The molecule has 0 saturated carbocycles. The Morgan fingerprint density at radius 1 is 1.53 bits per heavy atom. The van der Waals surface area contributed by atoms with Crippen molar-refractivity contribution < 1.29 is 22.1 Å². The van der Waals surface area contributed by atoms with E-state index in [-0.39, 0.29) is 5.69 Å². The summed E-state index contributed by atoms with van der Waals surface area (Å²) in [6, 6.07) is 0. The molecule has 0 atom stereocenters. The molecule has 1 heterocycles. The first-order valence-electron chi connectivity index (χ1n) is 4.03. The van der Waals surface area contributed by atoms with Gasteiger partial charge in [0.25, 0.3) is 15.5 Å². The quantitative estimate of drug-likeness (QED) is 0.482. The SMILES string of the molecule is Cc1ncc(C(F)F)c([N+](=O)[O-])c1S(=O)(=O)Cl. The molecular formula is C7H5ClF2N2O4S. The smallest absolute Gasteiger partial charge is 0.259 e. The zero-order valence-electron chi connectivity index (χ0n) is 8.22. The number of hydrogen-bond donors (Lipinski definition) is 0. The van der Waals surface area contributed by atoms with Crippen molar-refractivity contribution >= 4 is 25.4 Å². The van der Waals surface area contributed by atoms with Gasteiger partial charge in [0.15, 0.2) is 4.90 Å². The minimum absolute atomic E-state index is 0.309. The number of nitrogens with zero attached hydrogens (tertiary/aromatic N) is 2. The van der Waals surface area contributed by atoms with E-state index in [0.717, 1.165) is 6.92 Å². The Hall–Kier alpha value is -1.35. The number of aromatic nitrogens is 1. The summed E-state index contributed by atoms with van der Waals surface area (Å²) in [6.07, 6.45) is -2.66. The van der Waals surface area contributed by atoms with Crippen molar-refractivity contribution in [3.8, 4) is 0 Å². The molecule has 0 aliphatic carbocycles. The Morgan fingerprint density at radius 2 is 2.06 bits per heavy atom. The van der Waals surface area contributed by atoms with Crippen LogP contribution < -0.4 is 0 Å². The molecule has 1 aromatic rings. The largest absolute Gasteiger partial charge is 0.301 e. The summed E-state index contributed by atoms with van der Waals surface area (Å²) in [6.45, 7) is 1.12. The van der Waals surface area contributed by atoms with Gasteiger partial charge in [0, 0.05) is 16.9 Å². The lowest BCUT2D eigenvalue weighted by molar-refractivity contribution is -0.389. The third kappa shape index (κ3) is 2.67. The molecule has 0 aliphatic heterocycles. The van der Waals surface area contributed by atoms with Gasteiger partial charge in [-0.1, -0.05) is 0 Å². The maximum absolute atomic E-state index is 12.5. The molecule has 0 aromatic carbocycles. The molecule has 0 aliphatic rings. The summed E-state index contributed by atoms with van der Waals surface area (Å²) in [7, 11) is 0.442. The first kappa shape index (κ1) is 13.7. The fraction of sp³-hybridized carbons (Fsp3) is 0.286. The number of alkyl halides is 2. The number of rotatable bonds is 3. The predicted molar refractivity (Wildman–Crippen MR) is 53.6 cm³/mol. The summed E-state index contributed by atoms with van der Waals surface area (Å²) in [4.78, 5) is 11.8. The van der Waals surface area contributed by atoms with E-state index in [4.69, 9.17) is 10.7 Å². The number of aryl methyl sites for hydroxylation is 1.